The summed E-state index contributed by atoms with van der Waals surface area (Å²) in [6.45, 7) is 7.67. The van der Waals surface area contributed by atoms with Gasteiger partial charge < -0.3 is 4.42 Å². The number of nitrogens with zero attached hydrogens (tertiary/aromatic N) is 3. The van der Waals surface area contributed by atoms with Crippen LogP contribution in [-0.2, 0) is 16.6 Å². The molecule has 0 amide bonds. The zero-order chi connectivity index (χ0) is 21.6. The molecule has 1 aliphatic rings. The quantitative estimate of drug-likeness (QED) is 0.535. The smallest absolute Gasteiger partial charge is 0.247 e. The molecule has 8 heteroatoms. The maximum Gasteiger partial charge on any atom is 0.247 e. The Morgan fingerprint density at radius 3 is 2.20 bits per heavy atom. The predicted octanol–water partition coefficient (Wildman–Crippen LogP) is 4.98. The Labute approximate surface area is 181 Å². The van der Waals surface area contributed by atoms with E-state index >= 15 is 0 Å². The van der Waals surface area contributed by atoms with E-state index in [4.69, 9.17) is 16.0 Å². The van der Waals surface area contributed by atoms with Gasteiger partial charge in [-0.2, -0.15) is 4.31 Å². The summed E-state index contributed by atoms with van der Waals surface area (Å²) in [6, 6.07) is 9.05. The van der Waals surface area contributed by atoms with Crippen LogP contribution in [-0.4, -0.2) is 29.0 Å². The lowest BCUT2D eigenvalue weighted by Gasteiger charge is -2.24. The molecule has 1 fully saturated rings. The van der Waals surface area contributed by atoms with Gasteiger partial charge in [0.2, 0.25) is 21.8 Å². The molecule has 158 valence electrons. The second-order valence-electron chi connectivity index (χ2n) is 7.88. The Bertz CT molecular complexity index is 1170. The maximum atomic E-state index is 13.7. The van der Waals surface area contributed by atoms with E-state index in [1.54, 1.807) is 24.3 Å². The van der Waals surface area contributed by atoms with Crippen molar-refractivity contribution < 1.29 is 12.8 Å². The van der Waals surface area contributed by atoms with Crippen LogP contribution in [0, 0.1) is 27.7 Å². The molecular weight excluding hydrogens is 422 g/mol. The highest BCUT2D eigenvalue weighted by molar-refractivity contribution is 7.89. The fourth-order valence-corrected chi connectivity index (χ4v) is 5.96. The molecule has 1 aliphatic carbocycles. The van der Waals surface area contributed by atoms with Crippen LogP contribution in [0.2, 0.25) is 5.02 Å². The van der Waals surface area contributed by atoms with Gasteiger partial charge in [-0.1, -0.05) is 17.7 Å². The maximum absolute atomic E-state index is 13.7. The van der Waals surface area contributed by atoms with E-state index < -0.39 is 10.0 Å². The molecule has 0 unspecified atom stereocenters. The molecule has 0 bridgehead atoms. The summed E-state index contributed by atoms with van der Waals surface area (Å²) in [5.74, 6) is 0.615. The molecule has 1 aromatic heterocycles. The van der Waals surface area contributed by atoms with Crippen LogP contribution in [0.5, 0.6) is 0 Å². The van der Waals surface area contributed by atoms with Crippen LogP contribution in [0.15, 0.2) is 39.6 Å². The molecule has 0 radical (unpaired) electrons. The summed E-state index contributed by atoms with van der Waals surface area (Å²) in [7, 11) is -3.72. The minimum absolute atomic E-state index is 0.0412. The molecule has 1 heterocycles. The van der Waals surface area contributed by atoms with E-state index in [0.717, 1.165) is 40.7 Å². The van der Waals surface area contributed by atoms with Crippen molar-refractivity contribution in [2.24, 2.45) is 0 Å². The highest BCUT2D eigenvalue weighted by Crippen LogP contribution is 2.37. The van der Waals surface area contributed by atoms with Gasteiger partial charge in [0.05, 0.1) is 11.4 Å². The highest BCUT2D eigenvalue weighted by Gasteiger charge is 2.40. The van der Waals surface area contributed by atoms with Gasteiger partial charge in [-0.05, 0) is 87.1 Å². The normalized spacial score (nSPS) is 14.5. The van der Waals surface area contributed by atoms with E-state index in [-0.39, 0.29) is 18.5 Å². The summed E-state index contributed by atoms with van der Waals surface area (Å²) in [4.78, 5) is 0.393. The van der Waals surface area contributed by atoms with Gasteiger partial charge in [0.25, 0.3) is 0 Å². The van der Waals surface area contributed by atoms with Crippen molar-refractivity contribution in [1.82, 2.24) is 14.5 Å². The van der Waals surface area contributed by atoms with Crippen LogP contribution >= 0.6 is 11.6 Å². The van der Waals surface area contributed by atoms with Gasteiger partial charge in [0, 0.05) is 16.6 Å². The lowest BCUT2D eigenvalue weighted by Crippen LogP contribution is -2.34. The zero-order valence-corrected chi connectivity index (χ0v) is 19.0. The van der Waals surface area contributed by atoms with E-state index in [9.17, 15) is 8.42 Å². The van der Waals surface area contributed by atoms with Crippen molar-refractivity contribution in [3.05, 3.63) is 63.5 Å². The van der Waals surface area contributed by atoms with Crippen molar-refractivity contribution in [2.75, 3.05) is 0 Å². The Morgan fingerprint density at radius 2 is 1.63 bits per heavy atom. The van der Waals surface area contributed by atoms with Gasteiger partial charge in [0.15, 0.2) is 0 Å². The van der Waals surface area contributed by atoms with Crippen molar-refractivity contribution >= 4 is 21.6 Å². The number of aromatic nitrogens is 2. The first-order valence-corrected chi connectivity index (χ1v) is 11.7. The third-order valence-electron chi connectivity index (χ3n) is 5.67. The molecule has 0 N–H and O–H groups in total. The van der Waals surface area contributed by atoms with Crippen LogP contribution < -0.4 is 0 Å². The molecule has 4 rings (SSSR count). The van der Waals surface area contributed by atoms with Gasteiger partial charge >= 0.3 is 0 Å². The third kappa shape index (κ3) is 3.89. The molecule has 6 nitrogen and oxygen atoms in total. The Hall–Kier alpha value is -2.22. The summed E-state index contributed by atoms with van der Waals surface area (Å²) in [6.07, 6.45) is 1.67. The number of sulfonamides is 1. The Balaban J connectivity index is 1.69. The third-order valence-corrected chi connectivity index (χ3v) is 8.09. The zero-order valence-electron chi connectivity index (χ0n) is 17.4. The van der Waals surface area contributed by atoms with Gasteiger partial charge in [-0.3, -0.25) is 0 Å². The topological polar surface area (TPSA) is 76.3 Å². The van der Waals surface area contributed by atoms with Crippen molar-refractivity contribution in [3.8, 4) is 11.5 Å². The van der Waals surface area contributed by atoms with E-state index in [2.05, 4.69) is 10.2 Å². The average Bonchev–Trinajstić information content (AvgIpc) is 3.42. The lowest BCUT2D eigenvalue weighted by molar-refractivity contribution is 0.350. The number of hydrogen-bond donors (Lipinski definition) is 0. The molecule has 30 heavy (non-hydrogen) atoms. The van der Waals surface area contributed by atoms with Gasteiger partial charge in [0.1, 0.15) is 0 Å². The van der Waals surface area contributed by atoms with Crippen LogP contribution in [0.1, 0.15) is 41.0 Å². The van der Waals surface area contributed by atoms with Crippen molar-refractivity contribution in [2.45, 2.75) is 58.0 Å². The molecule has 0 aliphatic heterocycles. The largest absolute Gasteiger partial charge is 0.419 e. The lowest BCUT2D eigenvalue weighted by atomic mass is 10.0. The minimum atomic E-state index is -3.72. The fourth-order valence-electron chi connectivity index (χ4n) is 3.62. The predicted molar refractivity (Wildman–Crippen MR) is 116 cm³/mol. The second kappa shape index (κ2) is 7.80. The van der Waals surface area contributed by atoms with E-state index in [1.807, 2.05) is 33.8 Å². The van der Waals surface area contributed by atoms with E-state index in [0.29, 0.717) is 15.8 Å². The van der Waals surface area contributed by atoms with Crippen molar-refractivity contribution in [1.29, 1.82) is 0 Å². The fraction of sp³-hybridized carbons (Fsp3) is 0.364. The number of benzene rings is 2. The Morgan fingerprint density at radius 1 is 1.03 bits per heavy atom. The summed E-state index contributed by atoms with van der Waals surface area (Å²) < 4.78 is 34.7. The minimum Gasteiger partial charge on any atom is -0.419 e. The summed E-state index contributed by atoms with van der Waals surface area (Å²) >= 11 is 5.93. The second-order valence-corrected chi connectivity index (χ2v) is 10.1. The first-order chi connectivity index (χ1) is 14.2. The van der Waals surface area contributed by atoms with Crippen LogP contribution in [0.4, 0.5) is 0 Å². The van der Waals surface area contributed by atoms with Gasteiger partial charge in [-0.25, -0.2) is 8.42 Å². The molecule has 3 aromatic rings. The molecule has 0 saturated heterocycles. The molecular formula is C22H24ClN3O3S. The number of aryl methyl sites for hydroxylation is 2. The van der Waals surface area contributed by atoms with Gasteiger partial charge in [-0.15, -0.1) is 10.2 Å². The molecule has 0 atom stereocenters. The standard InChI is InChI=1S/C22H24ClN3O3S/c1-13-11-14(2)16(4)21(15(13)3)30(27,28)26(19-9-10-19)12-20-24-25-22(29-20)17-5-7-18(23)8-6-17/h5-8,11,19H,9-10,12H2,1-4H3. The first-order valence-electron chi connectivity index (χ1n) is 9.86. The average molecular weight is 446 g/mol. The highest BCUT2D eigenvalue weighted by atomic mass is 35.5. The monoisotopic (exact) mass is 445 g/mol. The van der Waals surface area contributed by atoms with E-state index in [1.165, 1.54) is 4.31 Å². The van der Waals surface area contributed by atoms with Crippen molar-refractivity contribution in [3.63, 3.8) is 0 Å². The number of hydrogen-bond acceptors (Lipinski definition) is 5. The first kappa shape index (κ1) is 21.0. The number of halogens is 1. The SMILES string of the molecule is Cc1cc(C)c(C)c(S(=O)(=O)N(Cc2nnc(-c3ccc(Cl)cc3)o2)C2CC2)c1C. The molecule has 2 aromatic carbocycles. The summed E-state index contributed by atoms with van der Waals surface area (Å²) in [5.41, 5.74) is 4.25. The van der Waals surface area contributed by atoms with Crippen LogP contribution in [0.25, 0.3) is 11.5 Å². The molecule has 1 saturated carbocycles. The van der Waals surface area contributed by atoms with Crippen LogP contribution in [0.3, 0.4) is 0 Å². The molecule has 0 spiro atoms. The Kier molecular flexibility index (Phi) is 5.46. The number of rotatable bonds is 6. The summed E-state index contributed by atoms with van der Waals surface area (Å²) in [5, 5.41) is 8.80.